The molecule has 0 radical (unpaired) electrons. The van der Waals surface area contributed by atoms with Crippen molar-refractivity contribution in [2.75, 3.05) is 52.9 Å². The van der Waals surface area contributed by atoms with Gasteiger partial charge in [0, 0.05) is 45.8 Å². The SMILES string of the molecule is CN=C(NCCOC1CCCCCC1)N1CCN(CC(=O)NC2CC2)CC1. The molecule has 3 fully saturated rings. The molecule has 1 heterocycles. The molecule has 0 spiro atoms. The molecule has 0 bridgehead atoms. The fourth-order valence-electron chi connectivity index (χ4n) is 3.95. The van der Waals surface area contributed by atoms with E-state index in [1.54, 1.807) is 0 Å². The first-order valence-electron chi connectivity index (χ1n) is 10.8. The number of nitrogens with one attached hydrogen (secondary N) is 2. The number of hydrogen-bond acceptors (Lipinski definition) is 4. The molecule has 2 saturated carbocycles. The van der Waals surface area contributed by atoms with Crippen LogP contribution in [0.25, 0.3) is 0 Å². The number of aliphatic imine (C=N–C) groups is 1. The quantitative estimate of drug-likeness (QED) is 0.301. The predicted molar refractivity (Wildman–Crippen MR) is 108 cm³/mol. The van der Waals surface area contributed by atoms with Gasteiger partial charge in [-0.05, 0) is 25.7 Å². The third-order valence-electron chi connectivity index (χ3n) is 5.73. The van der Waals surface area contributed by atoms with E-state index in [-0.39, 0.29) is 5.91 Å². The molecule has 7 nitrogen and oxygen atoms in total. The number of guanidine groups is 1. The van der Waals surface area contributed by atoms with Gasteiger partial charge in [0.15, 0.2) is 5.96 Å². The van der Waals surface area contributed by atoms with Crippen LogP contribution in [0.5, 0.6) is 0 Å². The van der Waals surface area contributed by atoms with Crippen molar-refractivity contribution in [3.8, 4) is 0 Å². The molecule has 3 aliphatic rings. The molecule has 154 valence electrons. The number of rotatable bonds is 7. The molecule has 0 atom stereocenters. The van der Waals surface area contributed by atoms with Gasteiger partial charge in [0.1, 0.15) is 0 Å². The van der Waals surface area contributed by atoms with E-state index >= 15 is 0 Å². The first kappa shape index (κ1) is 20.4. The fraction of sp³-hybridized carbons (Fsp3) is 0.900. The Balaban J connectivity index is 1.29. The van der Waals surface area contributed by atoms with Crippen LogP contribution in [-0.4, -0.2) is 86.7 Å². The average Bonchev–Trinajstić information content (AvgIpc) is 3.50. The summed E-state index contributed by atoms with van der Waals surface area (Å²) in [6.45, 7) is 5.66. The molecule has 1 aliphatic heterocycles. The van der Waals surface area contributed by atoms with Crippen molar-refractivity contribution in [2.45, 2.75) is 63.5 Å². The lowest BCUT2D eigenvalue weighted by molar-refractivity contribution is -0.122. The zero-order chi connectivity index (χ0) is 18.9. The third-order valence-corrected chi connectivity index (χ3v) is 5.73. The smallest absolute Gasteiger partial charge is 0.234 e. The van der Waals surface area contributed by atoms with E-state index in [1.807, 2.05) is 7.05 Å². The van der Waals surface area contributed by atoms with E-state index in [0.717, 1.165) is 58.1 Å². The van der Waals surface area contributed by atoms with Gasteiger partial charge < -0.3 is 20.3 Å². The predicted octanol–water partition coefficient (Wildman–Crippen LogP) is 1.20. The topological polar surface area (TPSA) is 69.2 Å². The zero-order valence-corrected chi connectivity index (χ0v) is 16.9. The number of hydrogen-bond donors (Lipinski definition) is 2. The Kier molecular flexibility index (Phi) is 8.20. The van der Waals surface area contributed by atoms with Crippen molar-refractivity contribution in [2.24, 2.45) is 4.99 Å². The average molecular weight is 380 g/mol. The monoisotopic (exact) mass is 379 g/mol. The maximum Gasteiger partial charge on any atom is 0.234 e. The molecule has 2 aliphatic carbocycles. The molecule has 1 saturated heterocycles. The van der Waals surface area contributed by atoms with Gasteiger partial charge in [-0.3, -0.25) is 14.7 Å². The van der Waals surface area contributed by atoms with Gasteiger partial charge in [-0.25, -0.2) is 0 Å². The summed E-state index contributed by atoms with van der Waals surface area (Å²) in [5.41, 5.74) is 0. The summed E-state index contributed by atoms with van der Waals surface area (Å²) in [5, 5.41) is 6.50. The van der Waals surface area contributed by atoms with Crippen molar-refractivity contribution in [3.63, 3.8) is 0 Å². The van der Waals surface area contributed by atoms with Crippen molar-refractivity contribution < 1.29 is 9.53 Å². The lowest BCUT2D eigenvalue weighted by atomic mass is 10.1. The second-order valence-corrected chi connectivity index (χ2v) is 8.06. The van der Waals surface area contributed by atoms with Crippen LogP contribution >= 0.6 is 0 Å². The number of carbonyl (C=O) groups is 1. The number of carbonyl (C=O) groups excluding carboxylic acids is 1. The minimum atomic E-state index is 0.170. The van der Waals surface area contributed by atoms with E-state index < -0.39 is 0 Å². The normalized spacial score (nSPS) is 23.1. The molecule has 27 heavy (non-hydrogen) atoms. The maximum atomic E-state index is 11.9. The number of amides is 1. The molecule has 2 N–H and O–H groups in total. The highest BCUT2D eigenvalue weighted by Gasteiger charge is 2.25. The van der Waals surface area contributed by atoms with E-state index in [2.05, 4.69) is 25.4 Å². The second-order valence-electron chi connectivity index (χ2n) is 8.06. The van der Waals surface area contributed by atoms with E-state index in [4.69, 9.17) is 4.74 Å². The molecular weight excluding hydrogens is 342 g/mol. The van der Waals surface area contributed by atoms with Crippen molar-refractivity contribution >= 4 is 11.9 Å². The van der Waals surface area contributed by atoms with Gasteiger partial charge in [-0.15, -0.1) is 0 Å². The number of piperazine rings is 1. The van der Waals surface area contributed by atoms with Crippen LogP contribution in [0.4, 0.5) is 0 Å². The fourth-order valence-corrected chi connectivity index (χ4v) is 3.95. The highest BCUT2D eigenvalue weighted by molar-refractivity contribution is 5.80. The van der Waals surface area contributed by atoms with Crippen LogP contribution in [0.1, 0.15) is 51.4 Å². The Morgan fingerprint density at radius 2 is 1.74 bits per heavy atom. The first-order chi connectivity index (χ1) is 13.2. The molecule has 0 unspecified atom stereocenters. The zero-order valence-electron chi connectivity index (χ0n) is 16.9. The molecule has 3 rings (SSSR count). The molecule has 1 amide bonds. The summed E-state index contributed by atoms with van der Waals surface area (Å²) in [6.07, 6.45) is 10.5. The molecular formula is C20H37N5O2. The van der Waals surface area contributed by atoms with E-state index in [0.29, 0.717) is 18.7 Å². The summed E-state index contributed by atoms with van der Waals surface area (Å²) < 4.78 is 6.05. The van der Waals surface area contributed by atoms with E-state index in [1.165, 1.54) is 38.5 Å². The maximum absolute atomic E-state index is 11.9. The summed E-state index contributed by atoms with van der Waals surface area (Å²) in [4.78, 5) is 20.9. The summed E-state index contributed by atoms with van der Waals surface area (Å²) in [7, 11) is 1.84. The summed E-state index contributed by atoms with van der Waals surface area (Å²) in [5.74, 6) is 1.12. The standard InChI is InChI=1S/C20H37N5O2/c1-21-20(22-10-15-27-18-6-4-2-3-5-7-18)25-13-11-24(12-14-25)16-19(26)23-17-8-9-17/h17-18H,2-16H2,1H3,(H,21,22)(H,23,26). The van der Waals surface area contributed by atoms with Gasteiger partial charge >= 0.3 is 0 Å². The summed E-state index contributed by atoms with van der Waals surface area (Å²) in [6, 6.07) is 0.446. The van der Waals surface area contributed by atoms with Crippen LogP contribution in [0, 0.1) is 0 Å². The lowest BCUT2D eigenvalue weighted by Gasteiger charge is -2.36. The number of nitrogens with zero attached hydrogens (tertiary/aromatic N) is 3. The molecule has 0 aromatic carbocycles. The van der Waals surface area contributed by atoms with Crippen molar-refractivity contribution in [3.05, 3.63) is 0 Å². The Morgan fingerprint density at radius 3 is 2.37 bits per heavy atom. The Bertz CT molecular complexity index is 479. The van der Waals surface area contributed by atoms with Gasteiger partial charge in [-0.2, -0.15) is 0 Å². The number of ether oxygens (including phenoxy) is 1. The largest absolute Gasteiger partial charge is 0.376 e. The second kappa shape index (κ2) is 10.9. The highest BCUT2D eigenvalue weighted by atomic mass is 16.5. The van der Waals surface area contributed by atoms with Crippen LogP contribution < -0.4 is 10.6 Å². The van der Waals surface area contributed by atoms with Crippen molar-refractivity contribution in [1.82, 2.24) is 20.4 Å². The van der Waals surface area contributed by atoms with Gasteiger partial charge in [0.25, 0.3) is 0 Å². The lowest BCUT2D eigenvalue weighted by Crippen LogP contribution is -2.54. The Hall–Kier alpha value is -1.34. The van der Waals surface area contributed by atoms with Crippen LogP contribution in [0.3, 0.4) is 0 Å². The van der Waals surface area contributed by atoms with Crippen LogP contribution in [-0.2, 0) is 9.53 Å². The minimum Gasteiger partial charge on any atom is -0.376 e. The van der Waals surface area contributed by atoms with Crippen LogP contribution in [0.15, 0.2) is 4.99 Å². The highest BCUT2D eigenvalue weighted by Crippen LogP contribution is 2.19. The van der Waals surface area contributed by atoms with Gasteiger partial charge in [0.2, 0.25) is 5.91 Å². The molecule has 7 heteroatoms. The first-order valence-corrected chi connectivity index (χ1v) is 10.8. The van der Waals surface area contributed by atoms with Gasteiger partial charge in [0.05, 0.1) is 19.3 Å². The van der Waals surface area contributed by atoms with Crippen molar-refractivity contribution in [1.29, 1.82) is 0 Å². The Labute approximate surface area is 163 Å². The minimum absolute atomic E-state index is 0.170. The van der Waals surface area contributed by atoms with Gasteiger partial charge in [-0.1, -0.05) is 25.7 Å². The summed E-state index contributed by atoms with van der Waals surface area (Å²) >= 11 is 0. The Morgan fingerprint density at radius 1 is 1.04 bits per heavy atom. The molecule has 0 aromatic rings. The molecule has 0 aromatic heterocycles. The van der Waals surface area contributed by atoms with Crippen LogP contribution in [0.2, 0.25) is 0 Å². The third kappa shape index (κ3) is 7.30. The van der Waals surface area contributed by atoms with E-state index in [9.17, 15) is 4.79 Å².